The third-order valence-corrected chi connectivity index (χ3v) is 3.12. The summed E-state index contributed by atoms with van der Waals surface area (Å²) >= 11 is 2.08. The van der Waals surface area contributed by atoms with Gasteiger partial charge in [0.25, 0.3) is 5.91 Å². The Morgan fingerprint density at radius 1 is 1.42 bits per heavy atom. The molecule has 0 saturated carbocycles. The standard InChI is InChI=1S/C11H9F3INO3/c12-11(13,14)19-4-3-16-8-2-1-7(15)5-9(8)18-6-10(16)17/h1-2,5H,3-4,6H2. The lowest BCUT2D eigenvalue weighted by Gasteiger charge is -2.29. The third-order valence-electron chi connectivity index (χ3n) is 2.45. The van der Waals surface area contributed by atoms with Crippen molar-refractivity contribution in [2.75, 3.05) is 24.7 Å². The van der Waals surface area contributed by atoms with Gasteiger partial charge in [0.15, 0.2) is 6.61 Å². The van der Waals surface area contributed by atoms with Gasteiger partial charge in [-0.15, -0.1) is 13.2 Å². The molecule has 1 amide bonds. The fourth-order valence-electron chi connectivity index (χ4n) is 1.68. The van der Waals surface area contributed by atoms with Crippen LogP contribution in [0.4, 0.5) is 18.9 Å². The maximum Gasteiger partial charge on any atom is 0.522 e. The predicted octanol–water partition coefficient (Wildman–Crippen LogP) is 2.55. The second-order valence-electron chi connectivity index (χ2n) is 3.74. The topological polar surface area (TPSA) is 38.8 Å². The number of hydrogen-bond acceptors (Lipinski definition) is 3. The van der Waals surface area contributed by atoms with Crippen LogP contribution in [0.15, 0.2) is 18.2 Å². The first kappa shape index (κ1) is 14.4. The molecule has 0 fully saturated rings. The van der Waals surface area contributed by atoms with E-state index < -0.39 is 13.0 Å². The Bertz CT molecular complexity index is 493. The summed E-state index contributed by atoms with van der Waals surface area (Å²) in [4.78, 5) is 12.9. The number of carbonyl (C=O) groups is 1. The molecule has 1 aromatic carbocycles. The molecule has 4 nitrogen and oxygen atoms in total. The second kappa shape index (κ2) is 5.53. The number of anilines is 1. The minimum absolute atomic E-state index is 0.171. The van der Waals surface area contributed by atoms with Crippen molar-refractivity contribution in [1.29, 1.82) is 0 Å². The van der Waals surface area contributed by atoms with E-state index in [1.54, 1.807) is 18.2 Å². The Hall–Kier alpha value is -1.03. The summed E-state index contributed by atoms with van der Waals surface area (Å²) in [7, 11) is 0. The molecule has 0 saturated heterocycles. The quantitative estimate of drug-likeness (QED) is 0.749. The first-order valence-electron chi connectivity index (χ1n) is 5.30. The van der Waals surface area contributed by atoms with Gasteiger partial charge in [0.2, 0.25) is 0 Å². The van der Waals surface area contributed by atoms with E-state index in [9.17, 15) is 18.0 Å². The molecule has 0 spiro atoms. The van der Waals surface area contributed by atoms with Gasteiger partial charge in [-0.3, -0.25) is 9.53 Å². The van der Waals surface area contributed by atoms with Gasteiger partial charge in [-0.1, -0.05) is 0 Å². The van der Waals surface area contributed by atoms with Crippen molar-refractivity contribution in [3.8, 4) is 5.75 Å². The number of carbonyl (C=O) groups excluding carboxylic acids is 1. The molecule has 1 aliphatic rings. The van der Waals surface area contributed by atoms with Crippen LogP contribution in [-0.4, -0.2) is 32.0 Å². The summed E-state index contributed by atoms with van der Waals surface area (Å²) in [6, 6.07) is 5.11. The molecule has 8 heteroatoms. The number of fused-ring (bicyclic) bond motifs is 1. The van der Waals surface area contributed by atoms with Crippen molar-refractivity contribution in [3.05, 3.63) is 21.8 Å². The highest BCUT2D eigenvalue weighted by molar-refractivity contribution is 14.1. The summed E-state index contributed by atoms with van der Waals surface area (Å²) < 4.78 is 45.5. The molecular weight excluding hydrogens is 378 g/mol. The smallest absolute Gasteiger partial charge is 0.482 e. The number of amides is 1. The van der Waals surface area contributed by atoms with Crippen LogP contribution in [0.3, 0.4) is 0 Å². The molecule has 0 bridgehead atoms. The van der Waals surface area contributed by atoms with Crippen molar-refractivity contribution in [2.24, 2.45) is 0 Å². The molecule has 0 radical (unpaired) electrons. The maximum absolute atomic E-state index is 11.9. The summed E-state index contributed by atoms with van der Waals surface area (Å²) in [6.45, 7) is -0.963. The number of benzene rings is 1. The number of halogens is 4. The van der Waals surface area contributed by atoms with Gasteiger partial charge in [-0.2, -0.15) is 0 Å². The van der Waals surface area contributed by atoms with E-state index in [1.807, 2.05) is 0 Å². The van der Waals surface area contributed by atoms with Crippen LogP contribution >= 0.6 is 22.6 Å². The van der Waals surface area contributed by atoms with Crippen LogP contribution in [0.1, 0.15) is 0 Å². The molecular formula is C11H9F3INO3. The molecule has 2 rings (SSSR count). The van der Waals surface area contributed by atoms with Crippen LogP contribution in [-0.2, 0) is 9.53 Å². The molecule has 19 heavy (non-hydrogen) atoms. The van der Waals surface area contributed by atoms with Crippen molar-refractivity contribution in [1.82, 2.24) is 0 Å². The zero-order valence-corrected chi connectivity index (χ0v) is 11.7. The van der Waals surface area contributed by atoms with Crippen LogP contribution in [0.2, 0.25) is 0 Å². The van der Waals surface area contributed by atoms with E-state index in [0.29, 0.717) is 11.4 Å². The fourth-order valence-corrected chi connectivity index (χ4v) is 2.14. The van der Waals surface area contributed by atoms with E-state index in [1.165, 1.54) is 4.90 Å². The monoisotopic (exact) mass is 387 g/mol. The van der Waals surface area contributed by atoms with E-state index in [2.05, 4.69) is 27.3 Å². The Kier molecular flexibility index (Phi) is 4.19. The van der Waals surface area contributed by atoms with Crippen LogP contribution < -0.4 is 9.64 Å². The predicted molar refractivity (Wildman–Crippen MR) is 69.0 cm³/mol. The minimum atomic E-state index is -4.69. The fraction of sp³-hybridized carbons (Fsp3) is 0.364. The van der Waals surface area contributed by atoms with E-state index in [4.69, 9.17) is 4.74 Å². The highest BCUT2D eigenvalue weighted by Gasteiger charge is 2.31. The lowest BCUT2D eigenvalue weighted by molar-refractivity contribution is -0.323. The molecule has 104 valence electrons. The molecule has 0 N–H and O–H groups in total. The van der Waals surface area contributed by atoms with Gasteiger partial charge in [0.1, 0.15) is 5.75 Å². The largest absolute Gasteiger partial charge is 0.522 e. The highest BCUT2D eigenvalue weighted by atomic mass is 127. The average molecular weight is 387 g/mol. The van der Waals surface area contributed by atoms with E-state index >= 15 is 0 Å². The summed E-state index contributed by atoms with van der Waals surface area (Å²) in [5, 5.41) is 0. The highest BCUT2D eigenvalue weighted by Crippen LogP contribution is 2.33. The van der Waals surface area contributed by atoms with Crippen LogP contribution in [0.5, 0.6) is 5.75 Å². The molecule has 0 atom stereocenters. The van der Waals surface area contributed by atoms with Crippen LogP contribution in [0, 0.1) is 3.57 Å². The van der Waals surface area contributed by atoms with Crippen molar-refractivity contribution in [2.45, 2.75) is 6.36 Å². The lowest BCUT2D eigenvalue weighted by Crippen LogP contribution is -2.41. The van der Waals surface area contributed by atoms with Gasteiger partial charge in [0.05, 0.1) is 12.3 Å². The number of rotatable bonds is 3. The average Bonchev–Trinajstić information content (AvgIpc) is 2.30. The molecule has 0 aromatic heterocycles. The normalized spacial score (nSPS) is 15.2. The van der Waals surface area contributed by atoms with Gasteiger partial charge in [-0.25, -0.2) is 0 Å². The number of hydrogen-bond donors (Lipinski definition) is 0. The number of ether oxygens (including phenoxy) is 2. The van der Waals surface area contributed by atoms with Crippen molar-refractivity contribution >= 4 is 34.2 Å². The first-order chi connectivity index (χ1) is 8.87. The molecule has 1 aliphatic heterocycles. The van der Waals surface area contributed by atoms with E-state index in [-0.39, 0.29) is 19.1 Å². The Balaban J connectivity index is 2.10. The Morgan fingerprint density at radius 3 is 2.84 bits per heavy atom. The zero-order valence-electron chi connectivity index (χ0n) is 9.54. The van der Waals surface area contributed by atoms with E-state index in [0.717, 1.165) is 3.57 Å². The first-order valence-corrected chi connectivity index (χ1v) is 6.38. The maximum atomic E-state index is 11.9. The van der Waals surface area contributed by atoms with Gasteiger partial charge >= 0.3 is 6.36 Å². The second-order valence-corrected chi connectivity index (χ2v) is 4.99. The molecule has 0 unspecified atom stereocenters. The summed E-state index contributed by atoms with van der Waals surface area (Å²) in [5.74, 6) is 0.0954. The molecule has 1 aromatic rings. The summed E-state index contributed by atoms with van der Waals surface area (Å²) in [6.07, 6.45) is -4.69. The third kappa shape index (κ3) is 3.72. The van der Waals surface area contributed by atoms with Gasteiger partial charge in [0, 0.05) is 10.1 Å². The Morgan fingerprint density at radius 2 is 2.16 bits per heavy atom. The zero-order chi connectivity index (χ0) is 14.0. The number of alkyl halides is 3. The molecule has 0 aliphatic carbocycles. The van der Waals surface area contributed by atoms with Crippen molar-refractivity contribution in [3.63, 3.8) is 0 Å². The lowest BCUT2D eigenvalue weighted by atomic mass is 10.2. The van der Waals surface area contributed by atoms with Gasteiger partial charge in [-0.05, 0) is 40.8 Å². The minimum Gasteiger partial charge on any atom is -0.482 e. The van der Waals surface area contributed by atoms with Gasteiger partial charge < -0.3 is 9.64 Å². The Labute approximate surface area is 120 Å². The van der Waals surface area contributed by atoms with Crippen molar-refractivity contribution < 1.29 is 27.4 Å². The summed E-state index contributed by atoms with van der Waals surface area (Å²) in [5.41, 5.74) is 0.461. The molecule has 1 heterocycles. The van der Waals surface area contributed by atoms with Crippen LogP contribution in [0.25, 0.3) is 0 Å². The SMILES string of the molecule is O=C1COc2cc(I)ccc2N1CCOC(F)(F)F. The number of nitrogens with zero attached hydrogens (tertiary/aromatic N) is 1.